The van der Waals surface area contributed by atoms with E-state index in [1.165, 1.54) is 6.26 Å². The lowest BCUT2D eigenvalue weighted by Crippen LogP contribution is -2.31. The highest BCUT2D eigenvalue weighted by Crippen LogP contribution is 2.20. The molecular formula is C13H14BrNO3. The summed E-state index contributed by atoms with van der Waals surface area (Å²) >= 11 is 3.42. The van der Waals surface area contributed by atoms with E-state index in [0.717, 1.165) is 11.0 Å². The van der Waals surface area contributed by atoms with Crippen LogP contribution in [0.3, 0.4) is 0 Å². The van der Waals surface area contributed by atoms with Crippen molar-refractivity contribution in [3.63, 3.8) is 0 Å². The molecule has 0 saturated carbocycles. The fourth-order valence-electron chi connectivity index (χ4n) is 1.69. The first-order chi connectivity index (χ1) is 8.72. The van der Waals surface area contributed by atoms with Gasteiger partial charge in [0.15, 0.2) is 0 Å². The number of hydrogen-bond donors (Lipinski definition) is 1. The minimum atomic E-state index is -0.138. The Morgan fingerprint density at radius 3 is 3.06 bits per heavy atom. The summed E-state index contributed by atoms with van der Waals surface area (Å²) in [5.74, 6) is -0.138. The van der Waals surface area contributed by atoms with E-state index in [4.69, 9.17) is 9.15 Å². The van der Waals surface area contributed by atoms with Crippen molar-refractivity contribution < 1.29 is 13.9 Å². The molecule has 0 spiro atoms. The number of carbonyl (C=O) groups excluding carboxylic acids is 1. The Morgan fingerprint density at radius 1 is 1.50 bits per heavy atom. The molecule has 1 N–H and O–H groups in total. The van der Waals surface area contributed by atoms with Crippen LogP contribution in [0, 0.1) is 0 Å². The third-order valence-electron chi connectivity index (χ3n) is 2.56. The highest BCUT2D eigenvalue weighted by Gasteiger charge is 2.14. The van der Waals surface area contributed by atoms with E-state index in [2.05, 4.69) is 21.2 Å². The number of carbonyl (C=O) groups is 1. The number of ether oxygens (including phenoxy) is 1. The maximum atomic E-state index is 12.0. The predicted molar refractivity (Wildman–Crippen MR) is 73.1 cm³/mol. The summed E-state index contributed by atoms with van der Waals surface area (Å²) in [6, 6.07) is 7.46. The number of para-hydroxylation sites is 1. The SMILES string of the molecule is COCC(Br)CNC(=O)c1coc2ccccc12. The molecule has 1 unspecified atom stereocenters. The molecule has 4 nitrogen and oxygen atoms in total. The summed E-state index contributed by atoms with van der Waals surface area (Å²) in [5, 5.41) is 3.66. The lowest BCUT2D eigenvalue weighted by molar-refractivity contribution is 0.0951. The van der Waals surface area contributed by atoms with Gasteiger partial charge in [-0.2, -0.15) is 0 Å². The van der Waals surface area contributed by atoms with E-state index in [0.29, 0.717) is 18.7 Å². The monoisotopic (exact) mass is 311 g/mol. The van der Waals surface area contributed by atoms with Crippen LogP contribution in [0.1, 0.15) is 10.4 Å². The number of methoxy groups -OCH3 is 1. The summed E-state index contributed by atoms with van der Waals surface area (Å²) in [6.07, 6.45) is 1.49. The van der Waals surface area contributed by atoms with Crippen molar-refractivity contribution in [3.8, 4) is 0 Å². The molecular weight excluding hydrogens is 298 g/mol. The average molecular weight is 312 g/mol. The van der Waals surface area contributed by atoms with Gasteiger partial charge in [-0.3, -0.25) is 4.79 Å². The smallest absolute Gasteiger partial charge is 0.255 e. The van der Waals surface area contributed by atoms with Gasteiger partial charge in [-0.15, -0.1) is 0 Å². The number of benzene rings is 1. The minimum Gasteiger partial charge on any atom is -0.463 e. The van der Waals surface area contributed by atoms with Gasteiger partial charge in [-0.1, -0.05) is 34.1 Å². The molecule has 96 valence electrons. The van der Waals surface area contributed by atoms with Gasteiger partial charge in [-0.25, -0.2) is 0 Å². The summed E-state index contributed by atoms with van der Waals surface area (Å²) in [5.41, 5.74) is 1.28. The number of alkyl halides is 1. The molecule has 2 rings (SSSR count). The molecule has 2 aromatic rings. The molecule has 1 heterocycles. The first-order valence-corrected chi connectivity index (χ1v) is 6.51. The van der Waals surface area contributed by atoms with E-state index in [-0.39, 0.29) is 10.7 Å². The lowest BCUT2D eigenvalue weighted by Gasteiger charge is -2.09. The zero-order chi connectivity index (χ0) is 13.0. The number of rotatable bonds is 5. The Balaban J connectivity index is 2.05. The fourth-order valence-corrected chi connectivity index (χ4v) is 2.12. The number of nitrogens with one attached hydrogen (secondary N) is 1. The molecule has 1 amide bonds. The quantitative estimate of drug-likeness (QED) is 0.863. The minimum absolute atomic E-state index is 0.101. The van der Waals surface area contributed by atoms with Gasteiger partial charge in [0.1, 0.15) is 11.8 Å². The Morgan fingerprint density at radius 2 is 2.28 bits per heavy atom. The van der Waals surface area contributed by atoms with Crippen LogP contribution in [0.2, 0.25) is 0 Å². The standard InChI is InChI=1S/C13H14BrNO3/c1-17-7-9(14)6-15-13(16)11-8-18-12-5-3-2-4-10(11)12/h2-5,8-9H,6-7H2,1H3,(H,15,16). The van der Waals surface area contributed by atoms with Gasteiger partial charge < -0.3 is 14.5 Å². The summed E-state index contributed by atoms with van der Waals surface area (Å²) in [4.78, 5) is 12.1. The van der Waals surface area contributed by atoms with Crippen LogP contribution in [0.15, 0.2) is 34.9 Å². The fraction of sp³-hybridized carbons (Fsp3) is 0.308. The summed E-state index contributed by atoms with van der Waals surface area (Å²) < 4.78 is 10.3. The van der Waals surface area contributed by atoms with Crippen LogP contribution < -0.4 is 5.32 Å². The van der Waals surface area contributed by atoms with E-state index >= 15 is 0 Å². The maximum absolute atomic E-state index is 12.0. The van der Waals surface area contributed by atoms with Gasteiger partial charge in [0.2, 0.25) is 0 Å². The molecule has 0 fully saturated rings. The molecule has 0 radical (unpaired) electrons. The van der Waals surface area contributed by atoms with Gasteiger partial charge in [0.05, 0.1) is 17.0 Å². The van der Waals surface area contributed by atoms with E-state index in [9.17, 15) is 4.79 Å². The molecule has 1 aromatic heterocycles. The van der Waals surface area contributed by atoms with Gasteiger partial charge in [-0.05, 0) is 6.07 Å². The van der Waals surface area contributed by atoms with E-state index in [1.54, 1.807) is 7.11 Å². The van der Waals surface area contributed by atoms with Crippen LogP contribution in [0.25, 0.3) is 11.0 Å². The Bertz CT molecular complexity index is 538. The number of furan rings is 1. The van der Waals surface area contributed by atoms with Crippen LogP contribution in [0.5, 0.6) is 0 Å². The second-order valence-electron chi connectivity index (χ2n) is 3.91. The van der Waals surface area contributed by atoms with Crippen molar-refractivity contribution in [2.24, 2.45) is 0 Å². The topological polar surface area (TPSA) is 51.5 Å². The number of halogens is 1. The van der Waals surface area contributed by atoms with Crippen molar-refractivity contribution in [2.75, 3.05) is 20.3 Å². The molecule has 0 saturated heterocycles. The number of amides is 1. The van der Waals surface area contributed by atoms with E-state index < -0.39 is 0 Å². The first kappa shape index (κ1) is 13.1. The zero-order valence-corrected chi connectivity index (χ0v) is 11.6. The van der Waals surface area contributed by atoms with Crippen LogP contribution in [-0.2, 0) is 4.74 Å². The highest BCUT2D eigenvalue weighted by molar-refractivity contribution is 9.09. The second kappa shape index (κ2) is 6.02. The largest absolute Gasteiger partial charge is 0.463 e. The predicted octanol–water partition coefficient (Wildman–Crippen LogP) is 2.57. The van der Waals surface area contributed by atoms with Crippen molar-refractivity contribution in [1.82, 2.24) is 5.32 Å². The maximum Gasteiger partial charge on any atom is 0.255 e. The molecule has 1 atom stereocenters. The van der Waals surface area contributed by atoms with Gasteiger partial charge >= 0.3 is 0 Å². The normalized spacial score (nSPS) is 12.6. The van der Waals surface area contributed by atoms with E-state index in [1.807, 2.05) is 24.3 Å². The van der Waals surface area contributed by atoms with Gasteiger partial charge in [0.25, 0.3) is 5.91 Å². The van der Waals surface area contributed by atoms with Crippen LogP contribution in [0.4, 0.5) is 0 Å². The van der Waals surface area contributed by atoms with Crippen molar-refractivity contribution in [1.29, 1.82) is 0 Å². The molecule has 0 bridgehead atoms. The zero-order valence-electron chi connectivity index (χ0n) is 9.98. The van der Waals surface area contributed by atoms with Gasteiger partial charge in [0, 0.05) is 19.0 Å². The highest BCUT2D eigenvalue weighted by atomic mass is 79.9. The molecule has 0 aliphatic heterocycles. The van der Waals surface area contributed by atoms with Crippen molar-refractivity contribution in [3.05, 3.63) is 36.1 Å². The third-order valence-corrected chi connectivity index (χ3v) is 3.15. The lowest BCUT2D eigenvalue weighted by atomic mass is 10.1. The van der Waals surface area contributed by atoms with Crippen molar-refractivity contribution in [2.45, 2.75) is 4.83 Å². The molecule has 1 aromatic carbocycles. The number of fused-ring (bicyclic) bond motifs is 1. The average Bonchev–Trinajstić information content (AvgIpc) is 2.80. The Labute approximate surface area is 113 Å². The second-order valence-corrected chi connectivity index (χ2v) is 5.20. The van der Waals surface area contributed by atoms with Crippen LogP contribution >= 0.6 is 15.9 Å². The third kappa shape index (κ3) is 2.91. The summed E-state index contributed by atoms with van der Waals surface area (Å²) in [6.45, 7) is 1.05. The summed E-state index contributed by atoms with van der Waals surface area (Å²) in [7, 11) is 1.62. The first-order valence-electron chi connectivity index (χ1n) is 5.60. The molecule has 18 heavy (non-hydrogen) atoms. The Hall–Kier alpha value is -1.33. The van der Waals surface area contributed by atoms with Crippen LogP contribution in [-0.4, -0.2) is 31.0 Å². The molecule has 0 aliphatic carbocycles. The molecule has 0 aliphatic rings. The van der Waals surface area contributed by atoms with Crippen molar-refractivity contribution >= 4 is 32.8 Å². The Kier molecular flexibility index (Phi) is 4.38. The number of hydrogen-bond acceptors (Lipinski definition) is 3. The molecule has 5 heteroatoms.